The first kappa shape index (κ1) is 24.1. The number of fused-ring (bicyclic) bond motifs is 2. The Bertz CT molecular complexity index is 1340. The zero-order chi connectivity index (χ0) is 25.3. The van der Waals surface area contributed by atoms with Gasteiger partial charge in [0, 0.05) is 0 Å². The van der Waals surface area contributed by atoms with Crippen molar-refractivity contribution in [1.29, 1.82) is 5.26 Å². The van der Waals surface area contributed by atoms with E-state index in [1.165, 1.54) is 0 Å². The summed E-state index contributed by atoms with van der Waals surface area (Å²) in [6.45, 7) is 9.50. The summed E-state index contributed by atoms with van der Waals surface area (Å²) >= 11 is 0. The second kappa shape index (κ2) is 9.30. The lowest BCUT2D eigenvalue weighted by Crippen LogP contribution is -2.55. The van der Waals surface area contributed by atoms with Crippen LogP contribution in [-0.2, 0) is 16.1 Å². The van der Waals surface area contributed by atoms with Gasteiger partial charge in [-0.2, -0.15) is 5.26 Å². The highest BCUT2D eigenvalue weighted by Crippen LogP contribution is 2.34. The average molecular weight is 471 g/mol. The van der Waals surface area contributed by atoms with Gasteiger partial charge in [0.25, 0.3) is 5.91 Å². The number of anilines is 2. The Balaban J connectivity index is 1.79. The average Bonchev–Trinajstić information content (AvgIpc) is 2.89. The molecule has 0 bridgehead atoms. The molecular weight excluding hydrogens is 440 g/mol. The summed E-state index contributed by atoms with van der Waals surface area (Å²) in [5.74, 6) is -0.258. The lowest BCUT2D eigenvalue weighted by molar-refractivity contribution is -0.120. The molecule has 3 aromatic carbocycles. The largest absolute Gasteiger partial charge is 0.444 e. The number of nitrogens with one attached hydrogen (secondary N) is 2. The number of carbonyl (C=O) groups excluding carboxylic acids is 2. The zero-order valence-electron chi connectivity index (χ0n) is 20.7. The highest BCUT2D eigenvalue weighted by Gasteiger charge is 2.37. The predicted octanol–water partition coefficient (Wildman–Crippen LogP) is 5.26. The highest BCUT2D eigenvalue weighted by atomic mass is 16.6. The van der Waals surface area contributed by atoms with Gasteiger partial charge in [0.05, 0.1) is 35.6 Å². The van der Waals surface area contributed by atoms with Gasteiger partial charge in [0.2, 0.25) is 0 Å². The van der Waals surface area contributed by atoms with Crippen LogP contribution in [0.3, 0.4) is 0 Å². The number of carbonyl (C=O) groups is 2. The fourth-order valence-corrected chi connectivity index (χ4v) is 4.38. The minimum atomic E-state index is -0.877. The molecule has 35 heavy (non-hydrogen) atoms. The van der Waals surface area contributed by atoms with Crippen LogP contribution in [0.5, 0.6) is 0 Å². The minimum Gasteiger partial charge on any atom is -0.444 e. The van der Waals surface area contributed by atoms with Gasteiger partial charge in [0.15, 0.2) is 0 Å². The van der Waals surface area contributed by atoms with Crippen LogP contribution in [0.2, 0.25) is 0 Å². The maximum Gasteiger partial charge on any atom is 0.408 e. The van der Waals surface area contributed by atoms with E-state index in [1.807, 2.05) is 32.0 Å². The molecule has 180 valence electrons. The molecule has 0 radical (unpaired) electrons. The van der Waals surface area contributed by atoms with Crippen molar-refractivity contribution in [2.75, 3.05) is 10.2 Å². The quantitative estimate of drug-likeness (QED) is 0.544. The molecule has 4 rings (SSSR count). The summed E-state index contributed by atoms with van der Waals surface area (Å²) in [5.41, 5.74) is 3.19. The van der Waals surface area contributed by atoms with Gasteiger partial charge in [-0.25, -0.2) is 4.79 Å². The molecule has 0 aliphatic carbocycles. The molecule has 7 nitrogen and oxygen atoms in total. The summed E-state index contributed by atoms with van der Waals surface area (Å²) in [6.07, 6.45) is -0.658. The second-order valence-corrected chi connectivity index (χ2v) is 9.91. The number of ether oxygens (including phenoxy) is 1. The fraction of sp³-hybridized carbons (Fsp3) is 0.321. The van der Waals surface area contributed by atoms with E-state index in [4.69, 9.17) is 4.74 Å². The number of alkyl carbamates (subject to hydrolysis) is 1. The van der Waals surface area contributed by atoms with E-state index >= 15 is 0 Å². The predicted molar refractivity (Wildman–Crippen MR) is 137 cm³/mol. The van der Waals surface area contributed by atoms with Gasteiger partial charge in [-0.15, -0.1) is 0 Å². The van der Waals surface area contributed by atoms with Gasteiger partial charge < -0.3 is 20.3 Å². The standard InChI is InChI=1S/C28H30N4O3/c1-17-10-12-20-8-6-7-9-21(20)22(17)16-32-24-13-11-19(15-29)14-23(24)30-18(2)25(26(32)33)31-27(34)35-28(3,4)5/h6-14,18,25,30H,16H2,1-5H3,(H,31,34)/t18-,25-/m0/s1. The summed E-state index contributed by atoms with van der Waals surface area (Å²) in [6, 6.07) is 18.2. The first-order valence-corrected chi connectivity index (χ1v) is 11.7. The Hall–Kier alpha value is -4.05. The molecule has 7 heteroatoms. The normalized spacial score (nSPS) is 17.7. The molecule has 1 aliphatic rings. The minimum absolute atomic E-state index is 0.258. The molecule has 0 spiro atoms. The van der Waals surface area contributed by atoms with Crippen LogP contribution in [0.1, 0.15) is 44.4 Å². The van der Waals surface area contributed by atoms with E-state index in [1.54, 1.807) is 43.9 Å². The van der Waals surface area contributed by atoms with Crippen LogP contribution >= 0.6 is 0 Å². The van der Waals surface area contributed by atoms with Gasteiger partial charge in [-0.3, -0.25) is 4.79 Å². The number of hydrogen-bond donors (Lipinski definition) is 2. The van der Waals surface area contributed by atoms with E-state index in [0.717, 1.165) is 21.9 Å². The Labute approximate surface area is 205 Å². The van der Waals surface area contributed by atoms with E-state index in [2.05, 4.69) is 34.9 Å². The van der Waals surface area contributed by atoms with Crippen LogP contribution in [0.15, 0.2) is 54.6 Å². The maximum atomic E-state index is 14.0. The van der Waals surface area contributed by atoms with E-state index in [-0.39, 0.29) is 5.91 Å². The lowest BCUT2D eigenvalue weighted by Gasteiger charge is -2.29. The number of benzene rings is 3. The van der Waals surface area contributed by atoms with Crippen LogP contribution in [-0.4, -0.2) is 29.7 Å². The number of rotatable bonds is 3. The first-order valence-electron chi connectivity index (χ1n) is 11.7. The number of aryl methyl sites for hydroxylation is 1. The first-order chi connectivity index (χ1) is 16.6. The molecule has 2 atom stereocenters. The van der Waals surface area contributed by atoms with Crippen molar-refractivity contribution < 1.29 is 14.3 Å². The van der Waals surface area contributed by atoms with Crippen LogP contribution < -0.4 is 15.5 Å². The van der Waals surface area contributed by atoms with Gasteiger partial charge in [-0.05, 0) is 74.7 Å². The Kier molecular flexibility index (Phi) is 6.40. The topological polar surface area (TPSA) is 94.5 Å². The molecule has 0 saturated carbocycles. The van der Waals surface area contributed by atoms with Crippen molar-refractivity contribution in [3.8, 4) is 6.07 Å². The van der Waals surface area contributed by atoms with E-state index in [0.29, 0.717) is 23.5 Å². The SMILES string of the molecule is Cc1ccc2ccccc2c1CN1C(=O)[C@@H](NC(=O)OC(C)(C)C)[C@H](C)Nc2cc(C#N)ccc21. The lowest BCUT2D eigenvalue weighted by atomic mass is 9.98. The Morgan fingerprint density at radius 3 is 2.63 bits per heavy atom. The van der Waals surface area contributed by atoms with Gasteiger partial charge in [-0.1, -0.05) is 36.4 Å². The monoisotopic (exact) mass is 470 g/mol. The maximum absolute atomic E-state index is 14.0. The van der Waals surface area contributed by atoms with Crippen molar-refractivity contribution in [2.45, 2.75) is 58.8 Å². The molecular formula is C28H30N4O3. The third-order valence-electron chi connectivity index (χ3n) is 6.09. The summed E-state index contributed by atoms with van der Waals surface area (Å²) in [5, 5.41) is 17.7. The molecule has 0 unspecified atom stereocenters. The Morgan fingerprint density at radius 2 is 1.91 bits per heavy atom. The van der Waals surface area contributed by atoms with Crippen molar-refractivity contribution in [1.82, 2.24) is 5.32 Å². The smallest absolute Gasteiger partial charge is 0.408 e. The molecule has 0 saturated heterocycles. The van der Waals surface area contributed by atoms with Crippen molar-refractivity contribution in [3.63, 3.8) is 0 Å². The molecule has 0 fully saturated rings. The molecule has 1 aliphatic heterocycles. The van der Waals surface area contributed by atoms with E-state index < -0.39 is 23.8 Å². The van der Waals surface area contributed by atoms with Crippen LogP contribution in [0.25, 0.3) is 10.8 Å². The molecule has 2 N–H and O–H groups in total. The van der Waals surface area contributed by atoms with E-state index in [9.17, 15) is 14.9 Å². The van der Waals surface area contributed by atoms with Gasteiger partial charge in [0.1, 0.15) is 11.6 Å². The van der Waals surface area contributed by atoms with Gasteiger partial charge >= 0.3 is 6.09 Å². The van der Waals surface area contributed by atoms with Crippen molar-refractivity contribution >= 4 is 34.1 Å². The molecule has 3 aromatic rings. The summed E-state index contributed by atoms with van der Waals surface area (Å²) in [4.78, 5) is 28.3. The number of amides is 2. The highest BCUT2D eigenvalue weighted by molar-refractivity contribution is 6.04. The zero-order valence-corrected chi connectivity index (χ0v) is 20.7. The van der Waals surface area contributed by atoms with Crippen molar-refractivity contribution in [2.24, 2.45) is 0 Å². The van der Waals surface area contributed by atoms with Crippen LogP contribution in [0.4, 0.5) is 16.2 Å². The third kappa shape index (κ3) is 5.07. The Morgan fingerprint density at radius 1 is 1.17 bits per heavy atom. The van der Waals surface area contributed by atoms with Crippen molar-refractivity contribution in [3.05, 3.63) is 71.3 Å². The van der Waals surface area contributed by atoms with Crippen LogP contribution in [0, 0.1) is 18.3 Å². The molecule has 0 aromatic heterocycles. The number of hydrogen-bond acceptors (Lipinski definition) is 5. The summed E-state index contributed by atoms with van der Waals surface area (Å²) in [7, 11) is 0. The second-order valence-electron chi connectivity index (χ2n) is 9.91. The summed E-state index contributed by atoms with van der Waals surface area (Å²) < 4.78 is 5.43. The molecule has 1 heterocycles. The third-order valence-corrected chi connectivity index (χ3v) is 6.09. The fourth-order valence-electron chi connectivity index (χ4n) is 4.38. The number of nitrogens with zero attached hydrogens (tertiary/aromatic N) is 2. The molecule has 2 amide bonds. The number of nitriles is 1.